The largest absolute Gasteiger partial charge is 0.296 e. The van der Waals surface area contributed by atoms with Gasteiger partial charge in [0, 0.05) is 0 Å². The Labute approximate surface area is 105 Å². The first kappa shape index (κ1) is 14.4. The van der Waals surface area contributed by atoms with Gasteiger partial charge in [0.2, 0.25) is 0 Å². The van der Waals surface area contributed by atoms with Crippen molar-refractivity contribution in [2.75, 3.05) is 6.23 Å². The molecule has 0 radical (unpaired) electrons. The molecule has 0 aliphatic carbocycles. The zero-order valence-corrected chi connectivity index (χ0v) is 12.9. The maximum Gasteiger partial charge on any atom is 0.296 e. The van der Waals surface area contributed by atoms with E-state index in [4.69, 9.17) is 4.18 Å². The first-order chi connectivity index (χ1) is 7.60. The highest BCUT2D eigenvalue weighted by atomic mass is 32.2. The molecule has 0 aliphatic rings. The third-order valence-electron chi connectivity index (χ3n) is 2.13. The lowest BCUT2D eigenvalue weighted by Gasteiger charge is -2.15. The Bertz CT molecular complexity index is 481. The predicted octanol–water partition coefficient (Wildman–Crippen LogP) is 2.89. The van der Waals surface area contributed by atoms with Crippen molar-refractivity contribution in [2.45, 2.75) is 38.4 Å². The van der Waals surface area contributed by atoms with Crippen LogP contribution >= 0.6 is 0 Å². The summed E-state index contributed by atoms with van der Waals surface area (Å²) in [5.41, 5.74) is 1.86. The molecule has 5 heteroatoms. The van der Waals surface area contributed by atoms with Crippen LogP contribution in [-0.2, 0) is 14.3 Å². The summed E-state index contributed by atoms with van der Waals surface area (Å²) in [5.74, 6) is 0. The molecule has 0 saturated heterocycles. The molecule has 0 unspecified atom stereocenters. The van der Waals surface area contributed by atoms with Crippen molar-refractivity contribution < 1.29 is 12.6 Å². The van der Waals surface area contributed by atoms with Gasteiger partial charge >= 0.3 is 0 Å². The van der Waals surface area contributed by atoms with Gasteiger partial charge < -0.3 is 0 Å². The Balaban J connectivity index is 2.98. The van der Waals surface area contributed by atoms with E-state index < -0.39 is 18.2 Å². The van der Waals surface area contributed by atoms with E-state index in [1.165, 1.54) is 0 Å². The van der Waals surface area contributed by atoms with E-state index in [1.807, 2.05) is 19.9 Å². The molecule has 1 aromatic carbocycles. The summed E-state index contributed by atoms with van der Waals surface area (Å²) in [5, 5.41) is 0. The minimum atomic E-state index is -3.60. The maximum atomic E-state index is 12.0. The monoisotopic (exact) mass is 272 g/mol. The Morgan fingerprint density at radius 3 is 1.94 bits per heavy atom. The normalized spacial score (nSPS) is 12.8. The van der Waals surface area contributed by atoms with Crippen molar-refractivity contribution >= 4 is 18.2 Å². The van der Waals surface area contributed by atoms with Crippen molar-refractivity contribution in [2.24, 2.45) is 0 Å². The van der Waals surface area contributed by atoms with E-state index in [9.17, 15) is 8.42 Å². The fourth-order valence-corrected chi connectivity index (χ4v) is 4.23. The van der Waals surface area contributed by atoms with Crippen LogP contribution in [0.5, 0.6) is 0 Å². The van der Waals surface area contributed by atoms with Crippen LogP contribution in [0.1, 0.15) is 11.1 Å². The molecule has 1 aromatic rings. The van der Waals surface area contributed by atoms with E-state index >= 15 is 0 Å². The van der Waals surface area contributed by atoms with Crippen LogP contribution in [0, 0.1) is 13.8 Å². The Kier molecular flexibility index (Phi) is 4.17. The van der Waals surface area contributed by atoms with Crippen LogP contribution in [0.4, 0.5) is 0 Å². The van der Waals surface area contributed by atoms with Crippen molar-refractivity contribution in [3.63, 3.8) is 0 Å². The van der Waals surface area contributed by atoms with E-state index in [0.29, 0.717) is 6.23 Å². The van der Waals surface area contributed by atoms with Crippen LogP contribution in [-0.4, -0.2) is 22.7 Å². The van der Waals surface area contributed by atoms with Crippen molar-refractivity contribution in [1.29, 1.82) is 0 Å². The van der Waals surface area contributed by atoms with E-state index in [1.54, 1.807) is 12.1 Å². The smallest absolute Gasteiger partial charge is 0.270 e. The average Bonchev–Trinajstić information content (AvgIpc) is 2.12. The van der Waals surface area contributed by atoms with Gasteiger partial charge in [-0.25, -0.2) is 0 Å². The van der Waals surface area contributed by atoms with Gasteiger partial charge in [-0.2, -0.15) is 8.42 Å². The van der Waals surface area contributed by atoms with Gasteiger partial charge in [0.05, 0.1) is 19.2 Å². The lowest BCUT2D eigenvalue weighted by atomic mass is 10.2. The molecule has 0 amide bonds. The van der Waals surface area contributed by atoms with E-state index in [-0.39, 0.29) is 4.90 Å². The third-order valence-corrected chi connectivity index (χ3v) is 4.59. The second-order valence-corrected chi connectivity index (χ2v) is 12.6. The molecule has 96 valence electrons. The van der Waals surface area contributed by atoms with Gasteiger partial charge in [-0.05, 0) is 37.1 Å². The minimum absolute atomic E-state index is 0.258. The fraction of sp³-hybridized carbons (Fsp3) is 0.500. The average molecular weight is 272 g/mol. The van der Waals surface area contributed by atoms with Gasteiger partial charge in [0.25, 0.3) is 10.1 Å². The molecule has 0 spiro atoms. The van der Waals surface area contributed by atoms with Crippen LogP contribution in [0.15, 0.2) is 23.1 Å². The van der Waals surface area contributed by atoms with Crippen LogP contribution in [0.3, 0.4) is 0 Å². The number of hydrogen-bond donors (Lipinski definition) is 0. The third kappa shape index (κ3) is 4.61. The molecule has 0 saturated carbocycles. The molecule has 0 heterocycles. The molecule has 0 aliphatic heterocycles. The van der Waals surface area contributed by atoms with Crippen molar-refractivity contribution in [3.8, 4) is 0 Å². The van der Waals surface area contributed by atoms with Gasteiger partial charge in [-0.1, -0.05) is 25.7 Å². The number of rotatable bonds is 4. The van der Waals surface area contributed by atoms with Gasteiger partial charge in [0.15, 0.2) is 0 Å². The quantitative estimate of drug-likeness (QED) is 0.625. The summed E-state index contributed by atoms with van der Waals surface area (Å²) < 4.78 is 29.1. The Morgan fingerprint density at radius 2 is 1.53 bits per heavy atom. The number of aryl methyl sites for hydroxylation is 2. The lowest BCUT2D eigenvalue weighted by molar-refractivity contribution is 0.369. The van der Waals surface area contributed by atoms with Crippen LogP contribution in [0.25, 0.3) is 0 Å². The molecule has 3 nitrogen and oxygen atoms in total. The predicted molar refractivity (Wildman–Crippen MR) is 72.4 cm³/mol. The molecule has 0 bridgehead atoms. The van der Waals surface area contributed by atoms with Crippen LogP contribution in [0.2, 0.25) is 19.6 Å². The Morgan fingerprint density at radius 1 is 1.06 bits per heavy atom. The van der Waals surface area contributed by atoms with Crippen molar-refractivity contribution in [1.82, 2.24) is 0 Å². The van der Waals surface area contributed by atoms with Gasteiger partial charge in [-0.3, -0.25) is 4.18 Å². The SMILES string of the molecule is Cc1cc(C)cc(S(=O)(=O)OC[Si](C)(C)C)c1. The highest BCUT2D eigenvalue weighted by Gasteiger charge is 2.21. The maximum absolute atomic E-state index is 12.0. The topological polar surface area (TPSA) is 43.4 Å². The molecule has 1 rings (SSSR count). The summed E-state index contributed by atoms with van der Waals surface area (Å²) in [7, 11) is -5.13. The van der Waals surface area contributed by atoms with Gasteiger partial charge in [-0.15, -0.1) is 0 Å². The minimum Gasteiger partial charge on any atom is -0.270 e. The standard InChI is InChI=1S/C12H20O3SSi/c1-10-6-11(2)8-12(7-10)16(13,14)15-9-17(3,4)5/h6-8H,9H2,1-5H3. The second kappa shape index (κ2) is 4.92. The molecule has 0 atom stereocenters. The first-order valence-corrected chi connectivity index (χ1v) is 10.7. The molecular weight excluding hydrogens is 252 g/mol. The summed E-state index contributed by atoms with van der Waals surface area (Å²) in [4.78, 5) is 0.258. The van der Waals surface area contributed by atoms with E-state index in [2.05, 4.69) is 19.6 Å². The molecule has 0 N–H and O–H groups in total. The molecule has 17 heavy (non-hydrogen) atoms. The Hall–Kier alpha value is -0.653. The molecular formula is C12H20O3SSi. The summed E-state index contributed by atoms with van der Waals surface area (Å²) in [6, 6.07) is 5.23. The van der Waals surface area contributed by atoms with Gasteiger partial charge in [0.1, 0.15) is 0 Å². The molecule has 0 aromatic heterocycles. The summed E-state index contributed by atoms with van der Waals surface area (Å²) >= 11 is 0. The first-order valence-electron chi connectivity index (χ1n) is 5.58. The van der Waals surface area contributed by atoms with Crippen molar-refractivity contribution in [3.05, 3.63) is 29.3 Å². The lowest BCUT2D eigenvalue weighted by Crippen LogP contribution is -2.30. The number of hydrogen-bond acceptors (Lipinski definition) is 3. The zero-order valence-electron chi connectivity index (χ0n) is 11.1. The molecule has 0 fully saturated rings. The summed E-state index contributed by atoms with van der Waals surface area (Å²) in [6.45, 7) is 9.98. The van der Waals surface area contributed by atoms with E-state index in [0.717, 1.165) is 11.1 Å². The summed E-state index contributed by atoms with van der Waals surface area (Å²) in [6.07, 6.45) is 0.322. The highest BCUT2D eigenvalue weighted by molar-refractivity contribution is 7.86. The number of benzene rings is 1. The fourth-order valence-electron chi connectivity index (χ4n) is 1.40. The van der Waals surface area contributed by atoms with Crippen LogP contribution < -0.4 is 0 Å². The zero-order chi connectivity index (χ0) is 13.3. The second-order valence-electron chi connectivity index (χ2n) is 5.60. The highest BCUT2D eigenvalue weighted by Crippen LogP contribution is 2.17.